The van der Waals surface area contributed by atoms with Crippen molar-refractivity contribution in [2.75, 3.05) is 6.54 Å². The molecule has 6 nitrogen and oxygen atoms in total. The van der Waals surface area contributed by atoms with Crippen LogP contribution in [-0.4, -0.2) is 37.4 Å². The topological polar surface area (TPSA) is 75.7 Å². The molecule has 0 aromatic heterocycles. The van der Waals surface area contributed by atoms with Crippen LogP contribution in [0.4, 0.5) is 22.0 Å². The monoisotopic (exact) mass is 554 g/mol. The third-order valence-corrected chi connectivity index (χ3v) is 7.87. The maximum atomic E-state index is 14.2. The van der Waals surface area contributed by atoms with Gasteiger partial charge in [-0.2, -0.15) is 17.5 Å². The number of amides is 1. The van der Waals surface area contributed by atoms with Gasteiger partial charge in [0, 0.05) is 19.5 Å². The van der Waals surface area contributed by atoms with E-state index in [1.54, 1.807) is 24.3 Å². The highest BCUT2D eigenvalue weighted by atomic mass is 32.2. The molecule has 2 atom stereocenters. The van der Waals surface area contributed by atoms with Gasteiger partial charge in [-0.3, -0.25) is 4.79 Å². The quantitative estimate of drug-likeness (QED) is 0.405. The lowest BCUT2D eigenvalue weighted by Gasteiger charge is -2.23. The smallest absolute Gasteiger partial charge is 0.416 e. The predicted molar refractivity (Wildman–Crippen MR) is 128 cm³/mol. The van der Waals surface area contributed by atoms with Gasteiger partial charge in [-0.15, -0.1) is 0 Å². The third-order valence-electron chi connectivity index (χ3n) is 5.98. The molecule has 0 radical (unpaired) electrons. The Kier molecular flexibility index (Phi) is 8.02. The van der Waals surface area contributed by atoms with Crippen LogP contribution in [-0.2, 0) is 34.1 Å². The van der Waals surface area contributed by atoms with Crippen LogP contribution in [0.3, 0.4) is 0 Å². The highest BCUT2D eigenvalue weighted by molar-refractivity contribution is 7.89. The van der Waals surface area contributed by atoms with Crippen molar-refractivity contribution in [3.63, 3.8) is 0 Å². The molecule has 3 aromatic carbocycles. The molecule has 0 saturated carbocycles. The van der Waals surface area contributed by atoms with Crippen molar-refractivity contribution in [2.24, 2.45) is 0 Å². The van der Waals surface area contributed by atoms with E-state index in [0.717, 1.165) is 40.7 Å². The van der Waals surface area contributed by atoms with Crippen molar-refractivity contribution in [1.82, 2.24) is 9.62 Å². The number of halogens is 5. The summed E-state index contributed by atoms with van der Waals surface area (Å²) in [5.41, 5.74) is 0.372. The summed E-state index contributed by atoms with van der Waals surface area (Å²) < 4.78 is 97.9. The van der Waals surface area contributed by atoms with Crippen molar-refractivity contribution in [2.45, 2.75) is 42.9 Å². The Labute approximate surface area is 216 Å². The van der Waals surface area contributed by atoms with Crippen LogP contribution in [0.15, 0.2) is 77.7 Å². The van der Waals surface area contributed by atoms with E-state index in [0.29, 0.717) is 16.9 Å². The summed E-state index contributed by atoms with van der Waals surface area (Å²) in [6.07, 6.45) is -6.28. The Morgan fingerprint density at radius 3 is 2.34 bits per heavy atom. The number of benzene rings is 3. The molecule has 1 heterocycles. The summed E-state index contributed by atoms with van der Waals surface area (Å²) >= 11 is 0. The van der Waals surface area contributed by atoms with E-state index in [1.807, 2.05) is 0 Å². The molecular weight excluding hydrogens is 531 g/mol. The number of alkyl halides is 4. The summed E-state index contributed by atoms with van der Waals surface area (Å²) in [5.74, 6) is -0.914. The first-order valence-corrected chi connectivity index (χ1v) is 12.9. The van der Waals surface area contributed by atoms with Crippen LogP contribution in [0.25, 0.3) is 0 Å². The zero-order valence-corrected chi connectivity index (χ0v) is 20.6. The van der Waals surface area contributed by atoms with E-state index in [2.05, 4.69) is 5.32 Å². The number of carbonyl (C=O) groups is 1. The summed E-state index contributed by atoms with van der Waals surface area (Å²) in [6.45, 7) is -0.483. The van der Waals surface area contributed by atoms with E-state index in [9.17, 15) is 35.2 Å². The SMILES string of the molecule is O=C(NCc1cccc(OCc2ccc(C(F)(F)F)cc2)c1)[C@@H]1C[C@@H](F)CN1S(=O)(=O)c1ccc(F)cc1. The minimum absolute atomic E-state index is 0.00575. The van der Waals surface area contributed by atoms with E-state index in [1.165, 1.54) is 12.1 Å². The summed E-state index contributed by atoms with van der Waals surface area (Å²) in [6, 6.07) is 13.9. The molecule has 4 rings (SSSR count). The lowest BCUT2D eigenvalue weighted by molar-refractivity contribution is -0.137. The summed E-state index contributed by atoms with van der Waals surface area (Å²) in [7, 11) is -4.23. The van der Waals surface area contributed by atoms with Gasteiger partial charge >= 0.3 is 6.18 Å². The van der Waals surface area contributed by atoms with Crippen LogP contribution >= 0.6 is 0 Å². The van der Waals surface area contributed by atoms with E-state index >= 15 is 0 Å². The number of hydrogen-bond acceptors (Lipinski definition) is 4. The Hall–Kier alpha value is -3.51. The van der Waals surface area contributed by atoms with Gasteiger partial charge in [-0.1, -0.05) is 24.3 Å². The lowest BCUT2D eigenvalue weighted by Crippen LogP contribution is -2.45. The number of hydrogen-bond donors (Lipinski definition) is 1. The molecule has 202 valence electrons. The minimum atomic E-state index is -4.43. The summed E-state index contributed by atoms with van der Waals surface area (Å²) in [5, 5.41) is 2.61. The average molecular weight is 555 g/mol. The molecule has 1 amide bonds. The zero-order valence-electron chi connectivity index (χ0n) is 19.8. The molecule has 0 spiro atoms. The number of ether oxygens (including phenoxy) is 1. The van der Waals surface area contributed by atoms with Gasteiger partial charge in [0.15, 0.2) is 0 Å². The van der Waals surface area contributed by atoms with Crippen molar-refractivity contribution < 1.29 is 39.9 Å². The molecule has 1 N–H and O–H groups in total. The molecule has 38 heavy (non-hydrogen) atoms. The van der Waals surface area contributed by atoms with E-state index in [4.69, 9.17) is 4.74 Å². The molecule has 0 unspecified atom stereocenters. The maximum Gasteiger partial charge on any atom is 0.416 e. The van der Waals surface area contributed by atoms with Crippen LogP contribution in [0.5, 0.6) is 5.75 Å². The number of sulfonamides is 1. The van der Waals surface area contributed by atoms with Gasteiger partial charge in [0.1, 0.15) is 30.4 Å². The maximum absolute atomic E-state index is 14.2. The van der Waals surface area contributed by atoms with Gasteiger partial charge in [0.2, 0.25) is 15.9 Å². The second kappa shape index (κ2) is 11.1. The van der Waals surface area contributed by atoms with Crippen LogP contribution in [0, 0.1) is 5.82 Å². The largest absolute Gasteiger partial charge is 0.489 e. The fourth-order valence-electron chi connectivity index (χ4n) is 4.01. The fraction of sp³-hybridized carbons (Fsp3) is 0.269. The van der Waals surface area contributed by atoms with Gasteiger partial charge < -0.3 is 10.1 Å². The van der Waals surface area contributed by atoms with Crippen LogP contribution in [0.1, 0.15) is 23.1 Å². The molecule has 12 heteroatoms. The molecule has 0 bridgehead atoms. The normalized spacial score (nSPS) is 18.3. The Morgan fingerprint density at radius 2 is 1.68 bits per heavy atom. The molecular formula is C26H23F5N2O4S. The first-order valence-electron chi connectivity index (χ1n) is 11.5. The minimum Gasteiger partial charge on any atom is -0.489 e. The average Bonchev–Trinajstić information content (AvgIpc) is 3.29. The van der Waals surface area contributed by atoms with Crippen molar-refractivity contribution in [1.29, 1.82) is 0 Å². The lowest BCUT2D eigenvalue weighted by atomic mass is 10.1. The number of rotatable bonds is 8. The molecule has 1 fully saturated rings. The fourth-order valence-corrected chi connectivity index (χ4v) is 5.64. The third kappa shape index (κ3) is 6.48. The summed E-state index contributed by atoms with van der Waals surface area (Å²) in [4.78, 5) is 12.6. The zero-order chi connectivity index (χ0) is 27.5. The molecule has 3 aromatic rings. The van der Waals surface area contributed by atoms with E-state index in [-0.39, 0.29) is 24.5 Å². The molecule has 0 aliphatic carbocycles. The van der Waals surface area contributed by atoms with Crippen molar-refractivity contribution >= 4 is 15.9 Å². The Balaban J connectivity index is 1.37. The first kappa shape index (κ1) is 27.5. The highest BCUT2D eigenvalue weighted by Crippen LogP contribution is 2.30. The highest BCUT2D eigenvalue weighted by Gasteiger charge is 2.44. The van der Waals surface area contributed by atoms with Crippen LogP contribution in [0.2, 0.25) is 0 Å². The second-order valence-electron chi connectivity index (χ2n) is 8.73. The molecule has 1 aliphatic heterocycles. The molecule has 1 saturated heterocycles. The number of carbonyl (C=O) groups excluding carboxylic acids is 1. The van der Waals surface area contributed by atoms with Crippen molar-refractivity contribution in [3.05, 3.63) is 95.3 Å². The number of nitrogens with one attached hydrogen (secondary N) is 1. The predicted octanol–water partition coefficient (Wildman–Crippen LogP) is 4.84. The van der Waals surface area contributed by atoms with Gasteiger partial charge in [-0.05, 0) is 59.7 Å². The van der Waals surface area contributed by atoms with Gasteiger partial charge in [-0.25, -0.2) is 17.2 Å². The molecule has 1 aliphatic rings. The first-order chi connectivity index (χ1) is 17.9. The van der Waals surface area contributed by atoms with Crippen molar-refractivity contribution in [3.8, 4) is 5.75 Å². The standard InChI is InChI=1S/C26H23F5N2O4S/c27-20-8-10-23(11-9-20)38(35,36)33-15-21(28)13-24(33)25(34)32-14-18-2-1-3-22(12-18)37-16-17-4-6-19(7-5-17)26(29,30)31/h1-12,21,24H,13-16H2,(H,32,34)/t21-,24+/m1/s1. The Bertz CT molecular complexity index is 1380. The second-order valence-corrected chi connectivity index (χ2v) is 10.6. The van der Waals surface area contributed by atoms with Gasteiger partial charge in [0.05, 0.1) is 10.5 Å². The van der Waals surface area contributed by atoms with Crippen LogP contribution < -0.4 is 10.1 Å². The van der Waals surface area contributed by atoms with Gasteiger partial charge in [0.25, 0.3) is 0 Å². The van der Waals surface area contributed by atoms with E-state index < -0.39 is 52.2 Å². The Morgan fingerprint density at radius 1 is 1.00 bits per heavy atom. The number of nitrogens with zero attached hydrogens (tertiary/aromatic N) is 1.